The van der Waals surface area contributed by atoms with Crippen molar-refractivity contribution in [2.75, 3.05) is 39.8 Å². The molecule has 10 nitrogen and oxygen atoms in total. The van der Waals surface area contributed by atoms with E-state index in [9.17, 15) is 14.7 Å². The molecule has 10 heteroatoms. The Bertz CT molecular complexity index is 1290. The van der Waals surface area contributed by atoms with E-state index in [-0.39, 0.29) is 24.2 Å². The van der Waals surface area contributed by atoms with Gasteiger partial charge in [-0.1, -0.05) is 43.2 Å². The molecule has 3 heterocycles. The summed E-state index contributed by atoms with van der Waals surface area (Å²) in [5, 5.41) is 15.6. The van der Waals surface area contributed by atoms with Crippen molar-refractivity contribution in [3.05, 3.63) is 76.6 Å². The number of aliphatic imine (C=N–C) groups is 1. The molecule has 2 aliphatic heterocycles. The topological polar surface area (TPSA) is 129 Å². The van der Waals surface area contributed by atoms with E-state index in [1.807, 2.05) is 28.0 Å². The Balaban J connectivity index is 1.37. The van der Waals surface area contributed by atoms with Crippen LogP contribution in [0.5, 0.6) is 0 Å². The van der Waals surface area contributed by atoms with Gasteiger partial charge in [0.25, 0.3) is 5.56 Å². The number of nitrogens with zero attached hydrogens (tertiary/aromatic N) is 5. The number of urea groups is 1. The number of carbonyl (C=O) groups excluding carboxylic acids is 1. The molecule has 5 rings (SSSR count). The highest BCUT2D eigenvalue weighted by molar-refractivity contribution is 6.07. The van der Waals surface area contributed by atoms with Gasteiger partial charge in [0.05, 0.1) is 35.9 Å². The summed E-state index contributed by atoms with van der Waals surface area (Å²) in [6.07, 6.45) is 8.50. The lowest BCUT2D eigenvalue weighted by Gasteiger charge is -2.53. The van der Waals surface area contributed by atoms with E-state index >= 15 is 0 Å². The van der Waals surface area contributed by atoms with Crippen LogP contribution in [0.2, 0.25) is 0 Å². The number of hydrogen-bond acceptors (Lipinski definition) is 7. The number of nitrogens with one attached hydrogen (secondary N) is 1. The minimum absolute atomic E-state index is 0.0263. The Hall–Kier alpha value is -3.50. The number of piperidine rings is 1. The summed E-state index contributed by atoms with van der Waals surface area (Å²) in [6, 6.07) is 11.6. The lowest BCUT2D eigenvalue weighted by molar-refractivity contribution is -0.137. The number of benzene rings is 1. The van der Waals surface area contributed by atoms with E-state index in [4.69, 9.17) is 5.73 Å². The first-order chi connectivity index (χ1) is 18.9. The van der Waals surface area contributed by atoms with E-state index in [0.29, 0.717) is 37.5 Å². The maximum absolute atomic E-state index is 13.9. The molecule has 2 amide bonds. The molecule has 0 bridgehead atoms. The molecule has 2 aromatic rings. The Morgan fingerprint density at radius 1 is 1.23 bits per heavy atom. The number of allylic oxidation sites excluding steroid dienone is 1. The third-order valence-electron chi connectivity index (χ3n) is 8.85. The fraction of sp³-hybridized carbons (Fsp3) is 0.517. The maximum atomic E-state index is 13.9. The van der Waals surface area contributed by atoms with E-state index < -0.39 is 11.0 Å². The molecule has 2 unspecified atom stereocenters. The lowest BCUT2D eigenvalue weighted by atomic mass is 9.66. The molecule has 1 saturated carbocycles. The monoisotopic (exact) mass is 533 g/mol. The number of hydrogen-bond donors (Lipinski definition) is 3. The number of rotatable bonds is 5. The van der Waals surface area contributed by atoms with E-state index in [2.05, 4.69) is 27.4 Å². The molecule has 2 atom stereocenters. The zero-order chi connectivity index (χ0) is 27.5. The number of piperazine rings is 1. The Morgan fingerprint density at radius 3 is 2.69 bits per heavy atom. The summed E-state index contributed by atoms with van der Waals surface area (Å²) >= 11 is 0. The summed E-state index contributed by atoms with van der Waals surface area (Å²) < 4.78 is 1.49. The number of amides is 2. The fourth-order valence-corrected chi connectivity index (χ4v) is 6.68. The molecular formula is C29H39N7O3. The number of nitrogens with two attached hydrogens (primary N) is 1. The van der Waals surface area contributed by atoms with Crippen molar-refractivity contribution in [1.29, 1.82) is 0 Å². The standard InChI is InChI=1S/C29H39N7O3/c1-31-23(9-13-30)24-17-26(37)35(21-33-24)20-29(39)12-15-34(19-28(29)10-5-6-11-28)27(38)36-16-14-32-18-25(36)22-7-3-2-4-8-22/h2-4,7-9,13,17,21,25,32,39H,5-6,10-12,14-16,18-20,30H2,1H3. The molecule has 1 spiro atoms. The summed E-state index contributed by atoms with van der Waals surface area (Å²) in [5.41, 5.74) is 5.74. The largest absolute Gasteiger partial charge is 0.405 e. The van der Waals surface area contributed by atoms with Gasteiger partial charge in [-0.05, 0) is 37.1 Å². The predicted octanol–water partition coefficient (Wildman–Crippen LogP) is 1.90. The quantitative estimate of drug-likeness (QED) is 0.504. The molecule has 1 aromatic heterocycles. The fourth-order valence-electron chi connectivity index (χ4n) is 6.68. The maximum Gasteiger partial charge on any atom is 0.320 e. The van der Waals surface area contributed by atoms with Gasteiger partial charge in [-0.2, -0.15) is 0 Å². The normalized spacial score (nSPS) is 25.5. The zero-order valence-corrected chi connectivity index (χ0v) is 22.6. The van der Waals surface area contributed by atoms with E-state index in [0.717, 1.165) is 44.3 Å². The minimum Gasteiger partial charge on any atom is -0.405 e. The number of aromatic nitrogens is 2. The van der Waals surface area contributed by atoms with Crippen molar-refractivity contribution in [3.63, 3.8) is 0 Å². The molecule has 1 aromatic carbocycles. The van der Waals surface area contributed by atoms with Crippen LogP contribution in [-0.4, -0.2) is 81.6 Å². The van der Waals surface area contributed by atoms with Crippen molar-refractivity contribution in [2.24, 2.45) is 16.1 Å². The molecule has 1 aliphatic carbocycles. The van der Waals surface area contributed by atoms with Gasteiger partial charge in [0.1, 0.15) is 0 Å². The van der Waals surface area contributed by atoms with Crippen molar-refractivity contribution in [1.82, 2.24) is 24.7 Å². The van der Waals surface area contributed by atoms with Crippen LogP contribution in [0.4, 0.5) is 4.79 Å². The van der Waals surface area contributed by atoms with Crippen LogP contribution in [0.15, 0.2) is 64.8 Å². The zero-order valence-electron chi connectivity index (χ0n) is 22.6. The third kappa shape index (κ3) is 5.23. The first-order valence-corrected chi connectivity index (χ1v) is 13.9. The van der Waals surface area contributed by atoms with Crippen LogP contribution in [0.3, 0.4) is 0 Å². The molecule has 3 aliphatic rings. The van der Waals surface area contributed by atoms with Crippen LogP contribution >= 0.6 is 0 Å². The van der Waals surface area contributed by atoms with Crippen LogP contribution in [0.1, 0.15) is 49.4 Å². The van der Waals surface area contributed by atoms with Crippen LogP contribution in [0.25, 0.3) is 0 Å². The second-order valence-corrected chi connectivity index (χ2v) is 11.0. The van der Waals surface area contributed by atoms with Gasteiger partial charge in [-0.25, -0.2) is 9.78 Å². The second kappa shape index (κ2) is 11.3. The molecule has 4 N–H and O–H groups in total. The Kier molecular flexibility index (Phi) is 7.86. The average Bonchev–Trinajstić information content (AvgIpc) is 3.44. The van der Waals surface area contributed by atoms with Gasteiger partial charge >= 0.3 is 6.03 Å². The van der Waals surface area contributed by atoms with Crippen molar-refractivity contribution in [2.45, 2.75) is 50.3 Å². The minimum atomic E-state index is -1.12. The molecule has 0 radical (unpaired) electrons. The molecule has 3 fully saturated rings. The average molecular weight is 534 g/mol. The number of carbonyl (C=O) groups is 1. The highest BCUT2D eigenvalue weighted by Crippen LogP contribution is 2.51. The highest BCUT2D eigenvalue weighted by atomic mass is 16.3. The van der Waals surface area contributed by atoms with Gasteiger partial charge in [0, 0.05) is 51.3 Å². The van der Waals surface area contributed by atoms with Crippen LogP contribution < -0.4 is 16.6 Å². The Labute approximate surface area is 229 Å². The van der Waals surface area contributed by atoms with E-state index in [1.54, 1.807) is 13.1 Å². The van der Waals surface area contributed by atoms with Gasteiger partial charge in [-0.15, -0.1) is 0 Å². The van der Waals surface area contributed by atoms with E-state index in [1.165, 1.54) is 23.2 Å². The van der Waals surface area contributed by atoms with Crippen LogP contribution in [0, 0.1) is 5.41 Å². The lowest BCUT2D eigenvalue weighted by Crippen LogP contribution is -2.64. The van der Waals surface area contributed by atoms with Gasteiger partial charge in [0.2, 0.25) is 0 Å². The van der Waals surface area contributed by atoms with Gasteiger partial charge < -0.3 is 26.0 Å². The number of likely N-dealkylation sites (tertiary alicyclic amines) is 1. The first-order valence-electron chi connectivity index (χ1n) is 13.9. The van der Waals surface area contributed by atoms with Gasteiger partial charge in [-0.3, -0.25) is 14.4 Å². The predicted molar refractivity (Wildman–Crippen MR) is 150 cm³/mol. The second-order valence-electron chi connectivity index (χ2n) is 11.0. The summed E-state index contributed by atoms with van der Waals surface area (Å²) in [4.78, 5) is 39.5. The van der Waals surface area contributed by atoms with Gasteiger partial charge in [0.15, 0.2) is 0 Å². The molecule has 208 valence electrons. The van der Waals surface area contributed by atoms with Crippen LogP contribution in [-0.2, 0) is 6.54 Å². The van der Waals surface area contributed by atoms with Crippen molar-refractivity contribution in [3.8, 4) is 0 Å². The Morgan fingerprint density at radius 2 is 2.00 bits per heavy atom. The smallest absolute Gasteiger partial charge is 0.320 e. The molecule has 2 saturated heterocycles. The summed E-state index contributed by atoms with van der Waals surface area (Å²) in [5.74, 6) is 0. The molecular weight excluding hydrogens is 494 g/mol. The summed E-state index contributed by atoms with van der Waals surface area (Å²) in [7, 11) is 1.62. The number of aliphatic hydroxyl groups is 1. The highest BCUT2D eigenvalue weighted by Gasteiger charge is 2.56. The van der Waals surface area contributed by atoms with Crippen molar-refractivity contribution < 1.29 is 9.90 Å². The SMILES string of the molecule is CN=C(C=CN)c1cc(=O)n(CC2(O)CCN(C(=O)N3CCNCC3c3ccccc3)CC23CCCC3)cn1. The molecule has 39 heavy (non-hydrogen) atoms. The first kappa shape index (κ1) is 27.1. The third-order valence-corrected chi connectivity index (χ3v) is 8.85. The summed E-state index contributed by atoms with van der Waals surface area (Å²) in [6.45, 7) is 3.19. The van der Waals surface area contributed by atoms with Crippen molar-refractivity contribution >= 4 is 11.7 Å².